The Morgan fingerprint density at radius 2 is 1.31 bits per heavy atom. The third-order valence-electron chi connectivity index (χ3n) is 0.543. The van der Waals surface area contributed by atoms with Crippen molar-refractivity contribution in [1.82, 2.24) is 4.72 Å². The third-order valence-corrected chi connectivity index (χ3v) is 1.11. The molecule has 0 aromatic heterocycles. The zero-order chi connectivity index (χ0) is 11.2. The quantitative estimate of drug-likeness (QED) is 0.700. The van der Waals surface area contributed by atoms with E-state index < -0.39 is 27.2 Å². The molecule has 13 heavy (non-hydrogen) atoms. The maximum atomic E-state index is 11.2. The lowest BCUT2D eigenvalue weighted by molar-refractivity contribution is -0.172. The zero-order valence-corrected chi connectivity index (χ0v) is 6.16. The van der Waals surface area contributed by atoms with Gasteiger partial charge < -0.3 is 0 Å². The maximum Gasteiger partial charge on any atom is 0.472 e. The van der Waals surface area contributed by atoms with E-state index in [0.29, 0.717) is 0 Å². The van der Waals surface area contributed by atoms with Gasteiger partial charge in [0.15, 0.2) is 0 Å². The van der Waals surface area contributed by atoms with Crippen molar-refractivity contribution >= 4 is 16.3 Å². The lowest BCUT2D eigenvalue weighted by atomic mass is 10.6. The summed E-state index contributed by atoms with van der Waals surface area (Å²) in [6, 6.07) is 0. The van der Waals surface area contributed by atoms with E-state index in [1.807, 2.05) is 0 Å². The molecule has 0 aliphatic rings. The molecule has 0 heterocycles. The Labute approximate surface area is 65.7 Å². The second-order valence-electron chi connectivity index (χ2n) is 1.90. The Morgan fingerprint density at radius 1 is 1.00 bits per heavy atom. The fourth-order valence-electron chi connectivity index (χ4n) is 0.233. The van der Waals surface area contributed by atoms with Crippen LogP contribution in [0.5, 0.6) is 0 Å². The lowest BCUT2D eigenvalue weighted by Crippen LogP contribution is -2.42. The van der Waals surface area contributed by atoms with Crippen LogP contribution < -0.4 is 4.72 Å². The minimum atomic E-state index is -10.5. The summed E-state index contributed by atoms with van der Waals surface area (Å²) in [6.07, 6.45) is -6.00. The molecule has 0 spiro atoms. The number of halogens is 8. The molecule has 0 saturated heterocycles. The molecule has 0 atom stereocenters. The van der Waals surface area contributed by atoms with E-state index in [4.69, 9.17) is 0 Å². The topological polar surface area (TPSA) is 29.1 Å². The van der Waals surface area contributed by atoms with Gasteiger partial charge in [-0.05, 0) is 0 Å². The predicted molar refractivity (Wildman–Crippen MR) is 27.3 cm³/mol. The van der Waals surface area contributed by atoms with E-state index in [9.17, 15) is 37.4 Å². The molecular weight excluding hydrogens is 238 g/mol. The molecule has 1 N–H and O–H groups in total. The number of amides is 1. The highest BCUT2D eigenvalue weighted by Crippen LogP contribution is 2.94. The number of rotatable bonds is 1. The van der Waals surface area contributed by atoms with Crippen molar-refractivity contribution in [2.75, 3.05) is 0 Å². The molecule has 0 unspecified atom stereocenters. The van der Waals surface area contributed by atoms with E-state index in [0.717, 1.165) is 0 Å². The summed E-state index contributed by atoms with van der Waals surface area (Å²) >= 11 is 0. The normalized spacial score (nSPS) is 18.8. The smallest absolute Gasteiger partial charge is 0.263 e. The fraction of sp³-hybridized carbons (Fsp3) is 0.500. The average molecular weight is 239 g/mol. The summed E-state index contributed by atoms with van der Waals surface area (Å²) in [7, 11) is -10.5. The molecule has 0 radical (unpaired) electrons. The predicted octanol–water partition coefficient (Wildman–Crippen LogP) is 2.88. The van der Waals surface area contributed by atoms with Crippen LogP contribution >= 0.6 is 10.4 Å². The highest BCUT2D eigenvalue weighted by molar-refractivity contribution is 8.44. The molecule has 0 aliphatic heterocycles. The average Bonchev–Trinajstić information content (AvgIpc) is 1.51. The van der Waals surface area contributed by atoms with Crippen LogP contribution in [0.1, 0.15) is 0 Å². The molecule has 0 bridgehead atoms. The minimum absolute atomic E-state index is 1.27. The molecule has 2 nitrogen and oxygen atoms in total. The Hall–Kier alpha value is -0.740. The first-order valence-corrected chi connectivity index (χ1v) is 4.20. The van der Waals surface area contributed by atoms with Crippen LogP contribution in [0.15, 0.2) is 0 Å². The third kappa shape index (κ3) is 6.42. The first-order valence-electron chi connectivity index (χ1n) is 2.25. The van der Waals surface area contributed by atoms with Crippen molar-refractivity contribution in [3.8, 4) is 0 Å². The van der Waals surface area contributed by atoms with Crippen LogP contribution in [0.25, 0.3) is 0 Å². The van der Waals surface area contributed by atoms with Crippen LogP contribution in [0.2, 0.25) is 0 Å². The van der Waals surface area contributed by atoms with Gasteiger partial charge in [0, 0.05) is 0 Å². The van der Waals surface area contributed by atoms with E-state index >= 15 is 0 Å². The van der Waals surface area contributed by atoms with Crippen molar-refractivity contribution < 1.29 is 37.4 Å². The molecule has 1 amide bonds. The van der Waals surface area contributed by atoms with Crippen LogP contribution in [0.3, 0.4) is 0 Å². The van der Waals surface area contributed by atoms with Gasteiger partial charge in [-0.3, -0.25) is 4.79 Å². The van der Waals surface area contributed by atoms with Gasteiger partial charge >= 0.3 is 22.5 Å². The van der Waals surface area contributed by atoms with Crippen LogP contribution in [-0.4, -0.2) is 12.1 Å². The van der Waals surface area contributed by atoms with E-state index in [2.05, 4.69) is 0 Å². The summed E-state index contributed by atoms with van der Waals surface area (Å²) in [6.45, 7) is 0. The summed E-state index contributed by atoms with van der Waals surface area (Å²) in [4.78, 5) is 9.48. The van der Waals surface area contributed by atoms with Crippen LogP contribution in [0, 0.1) is 0 Å². The molecule has 0 aromatic rings. The zero-order valence-electron chi connectivity index (χ0n) is 5.34. The molecule has 0 rings (SSSR count). The van der Waals surface area contributed by atoms with Gasteiger partial charge in [-0.25, -0.2) is 4.72 Å². The Morgan fingerprint density at radius 3 is 1.38 bits per heavy atom. The van der Waals surface area contributed by atoms with Gasteiger partial charge in [-0.2, -0.15) is 13.2 Å². The number of hydrogen-bond acceptors (Lipinski definition) is 1. The molecule has 0 saturated carbocycles. The van der Waals surface area contributed by atoms with Gasteiger partial charge in [-0.15, -0.1) is 0 Å². The first-order chi connectivity index (χ1) is 5.10. The summed E-state index contributed by atoms with van der Waals surface area (Å²) in [5.41, 5.74) is 0. The van der Waals surface area contributed by atoms with Gasteiger partial charge in [0.25, 0.3) is 0 Å². The van der Waals surface area contributed by atoms with Gasteiger partial charge in [0.2, 0.25) is 0 Å². The lowest BCUT2D eigenvalue weighted by Gasteiger charge is -2.40. The van der Waals surface area contributed by atoms with Crippen molar-refractivity contribution in [2.45, 2.75) is 6.18 Å². The van der Waals surface area contributed by atoms with Crippen molar-refractivity contribution in [1.29, 1.82) is 0 Å². The first kappa shape index (κ1) is 12.3. The monoisotopic (exact) mass is 239 g/mol. The Bertz CT molecular complexity index is 233. The van der Waals surface area contributed by atoms with Gasteiger partial charge in [0.05, 0.1) is 0 Å². The number of carbonyl (C=O) groups excluding carboxylic acids is 1. The minimum Gasteiger partial charge on any atom is -0.263 e. The molecular formula is C2HF8NOS. The van der Waals surface area contributed by atoms with E-state index in [1.165, 1.54) is 0 Å². The maximum absolute atomic E-state index is 11.2. The Kier molecular flexibility index (Phi) is 1.90. The van der Waals surface area contributed by atoms with E-state index in [-0.39, 0.29) is 0 Å². The van der Waals surface area contributed by atoms with Crippen LogP contribution in [0.4, 0.5) is 32.6 Å². The van der Waals surface area contributed by atoms with Gasteiger partial charge in [0.1, 0.15) is 0 Å². The highest BCUT2D eigenvalue weighted by atomic mass is 32.5. The second kappa shape index (κ2) is 2.01. The number of hydrogen-bond donors (Lipinski definition) is 1. The fourth-order valence-corrected chi connectivity index (χ4v) is 0.699. The molecule has 0 fully saturated rings. The van der Waals surface area contributed by atoms with E-state index in [1.54, 1.807) is 0 Å². The van der Waals surface area contributed by atoms with Crippen molar-refractivity contribution in [3.63, 3.8) is 0 Å². The highest BCUT2D eigenvalue weighted by Gasteiger charge is 2.67. The SMILES string of the molecule is O=C(NS(F)(F)(F)(F)F)C(F)(F)F. The summed E-state index contributed by atoms with van der Waals surface area (Å²) in [5, 5.41) is 0. The summed E-state index contributed by atoms with van der Waals surface area (Å²) in [5.74, 6) is -3.74. The Balaban J connectivity index is 4.80. The standard InChI is InChI=1S/C2HF8NOS/c3-2(4,5)1(12)11-13(6,7,8,9)10/h(H,11,12). The number of nitrogens with one attached hydrogen (secondary N) is 1. The van der Waals surface area contributed by atoms with Crippen LogP contribution in [-0.2, 0) is 4.79 Å². The number of carbonyl (C=O) groups is 1. The largest absolute Gasteiger partial charge is 0.472 e. The molecule has 0 aromatic carbocycles. The number of alkyl halides is 3. The summed E-state index contributed by atoms with van der Waals surface area (Å²) < 4.78 is 87.8. The molecule has 0 aliphatic carbocycles. The van der Waals surface area contributed by atoms with Gasteiger partial charge in [-0.1, -0.05) is 19.4 Å². The van der Waals surface area contributed by atoms with Crippen molar-refractivity contribution in [2.24, 2.45) is 0 Å². The van der Waals surface area contributed by atoms with Crippen molar-refractivity contribution in [3.05, 3.63) is 0 Å². The molecule has 11 heteroatoms. The second-order valence-corrected chi connectivity index (χ2v) is 4.04. The molecule has 82 valence electrons.